The molecule has 1 heterocycles. The highest BCUT2D eigenvalue weighted by Gasteiger charge is 2.25. The van der Waals surface area contributed by atoms with Crippen molar-refractivity contribution >= 4 is 23.3 Å². The van der Waals surface area contributed by atoms with Gasteiger partial charge in [-0.15, -0.1) is 0 Å². The van der Waals surface area contributed by atoms with Gasteiger partial charge in [0.15, 0.2) is 0 Å². The van der Waals surface area contributed by atoms with Crippen LogP contribution >= 0.6 is 11.6 Å². The summed E-state index contributed by atoms with van der Waals surface area (Å²) in [6.07, 6.45) is 9.57. The number of phenolic OH excluding ortho intramolecular Hbond substituents is 2. The van der Waals surface area contributed by atoms with E-state index in [2.05, 4.69) is 5.16 Å². The van der Waals surface area contributed by atoms with Crippen LogP contribution in [0, 0.1) is 0 Å². The molecule has 0 radical (unpaired) electrons. The van der Waals surface area contributed by atoms with Gasteiger partial charge in [-0.1, -0.05) is 65.3 Å². The molecule has 2 aromatic carbocycles. The van der Waals surface area contributed by atoms with Gasteiger partial charge in [-0.05, 0) is 37.0 Å². The molecule has 0 amide bonds. The van der Waals surface area contributed by atoms with Gasteiger partial charge < -0.3 is 19.8 Å². The molecule has 2 N–H and O–H groups in total. The highest BCUT2D eigenvalue weighted by atomic mass is 35.5. The van der Waals surface area contributed by atoms with Crippen LogP contribution in [0.25, 0.3) is 0 Å². The largest absolute Gasteiger partial charge is 0.507 e. The number of halogens is 1. The predicted molar refractivity (Wildman–Crippen MR) is 124 cm³/mol. The van der Waals surface area contributed by atoms with E-state index >= 15 is 0 Å². The van der Waals surface area contributed by atoms with Gasteiger partial charge in [0.25, 0.3) is 0 Å². The molecule has 1 aliphatic rings. The Morgan fingerprint density at radius 3 is 2.66 bits per heavy atom. The maximum Gasteiger partial charge on any atom is 0.342 e. The number of oxime groups is 1. The maximum atomic E-state index is 12.8. The Bertz CT molecular complexity index is 1030. The standard InChI is InChI=1S/C25H26ClNO5/c1-17-10-6-3-2-4-9-13-19(27-31-16-18-11-7-5-8-12-18)14-20-23(25(30)32-17)21(28)15-22(29)24(20)26/h3,5-9,11-13,15,17,28-29H,2,4,10,14,16H2,1H3/b6-3+,13-9+,27-19+/t17-/m1/s1. The molecular formula is C25H26ClNO5. The number of cyclic esters (lactones) is 1. The van der Waals surface area contributed by atoms with Crippen LogP contribution in [0.4, 0.5) is 0 Å². The number of nitrogens with zero attached hydrogens (tertiary/aromatic N) is 1. The predicted octanol–water partition coefficient (Wildman–Crippen LogP) is 5.71. The van der Waals surface area contributed by atoms with Gasteiger partial charge in [0.05, 0.1) is 10.7 Å². The zero-order chi connectivity index (χ0) is 22.9. The van der Waals surface area contributed by atoms with E-state index in [1.807, 2.05) is 48.6 Å². The smallest absolute Gasteiger partial charge is 0.342 e. The molecule has 1 atom stereocenters. The molecule has 1 aliphatic heterocycles. The molecule has 0 bridgehead atoms. The highest BCUT2D eigenvalue weighted by Crippen LogP contribution is 2.37. The number of carbonyl (C=O) groups excluding carboxylic acids is 1. The molecule has 7 heteroatoms. The van der Waals surface area contributed by atoms with Crippen LogP contribution < -0.4 is 0 Å². The number of hydrogen-bond donors (Lipinski definition) is 2. The molecule has 6 nitrogen and oxygen atoms in total. The van der Waals surface area contributed by atoms with Crippen molar-refractivity contribution in [2.75, 3.05) is 0 Å². The minimum Gasteiger partial charge on any atom is -0.507 e. The van der Waals surface area contributed by atoms with Crippen LogP contribution in [0.5, 0.6) is 11.5 Å². The van der Waals surface area contributed by atoms with E-state index in [-0.39, 0.29) is 41.0 Å². The number of fused-ring (bicyclic) bond motifs is 1. The van der Waals surface area contributed by atoms with Gasteiger partial charge in [-0.25, -0.2) is 4.79 Å². The van der Waals surface area contributed by atoms with Crippen molar-refractivity contribution in [3.8, 4) is 11.5 Å². The van der Waals surface area contributed by atoms with Crippen LogP contribution in [-0.4, -0.2) is 28.0 Å². The van der Waals surface area contributed by atoms with E-state index in [1.54, 1.807) is 13.0 Å². The van der Waals surface area contributed by atoms with E-state index in [0.29, 0.717) is 12.1 Å². The van der Waals surface area contributed by atoms with Gasteiger partial charge in [-0.2, -0.15) is 0 Å². The fraction of sp³-hybridized carbons (Fsp3) is 0.280. The summed E-state index contributed by atoms with van der Waals surface area (Å²) >= 11 is 6.33. The third-order valence-corrected chi connectivity index (χ3v) is 5.31. The fourth-order valence-electron chi connectivity index (χ4n) is 3.25. The maximum absolute atomic E-state index is 12.8. The lowest BCUT2D eigenvalue weighted by Gasteiger charge is -2.17. The summed E-state index contributed by atoms with van der Waals surface area (Å²) in [5.74, 6) is -1.46. The summed E-state index contributed by atoms with van der Waals surface area (Å²) in [6, 6.07) is 10.6. The van der Waals surface area contributed by atoms with Gasteiger partial charge in [0.1, 0.15) is 29.8 Å². The molecule has 0 aromatic heterocycles. The number of phenols is 2. The second-order valence-electron chi connectivity index (χ2n) is 7.50. The molecule has 168 valence electrons. The first-order chi connectivity index (χ1) is 15.5. The van der Waals surface area contributed by atoms with Crippen LogP contribution in [0.2, 0.25) is 5.02 Å². The second kappa shape index (κ2) is 11.4. The monoisotopic (exact) mass is 455 g/mol. The Labute approximate surface area is 192 Å². The van der Waals surface area contributed by atoms with Crippen molar-refractivity contribution in [2.24, 2.45) is 5.16 Å². The minimum absolute atomic E-state index is 0.0430. The van der Waals surface area contributed by atoms with Crippen molar-refractivity contribution in [3.05, 3.63) is 82.4 Å². The number of ether oxygens (including phenoxy) is 1. The van der Waals surface area contributed by atoms with E-state index in [9.17, 15) is 15.0 Å². The van der Waals surface area contributed by atoms with Gasteiger partial charge in [0, 0.05) is 18.9 Å². The Balaban J connectivity index is 1.97. The first-order valence-electron chi connectivity index (χ1n) is 10.4. The third kappa shape index (κ3) is 6.37. The lowest BCUT2D eigenvalue weighted by Crippen LogP contribution is -2.17. The summed E-state index contributed by atoms with van der Waals surface area (Å²) in [5, 5.41) is 24.7. The zero-order valence-electron chi connectivity index (χ0n) is 17.8. The van der Waals surface area contributed by atoms with Gasteiger partial charge in [-0.3, -0.25) is 0 Å². The number of carbonyl (C=O) groups is 1. The van der Waals surface area contributed by atoms with Crippen molar-refractivity contribution in [2.45, 2.75) is 45.3 Å². The quantitative estimate of drug-likeness (QED) is 0.351. The number of allylic oxidation sites excluding steroid dienone is 3. The van der Waals surface area contributed by atoms with E-state index in [0.717, 1.165) is 24.5 Å². The molecule has 0 fully saturated rings. The number of aromatic hydroxyl groups is 2. The van der Waals surface area contributed by atoms with Crippen molar-refractivity contribution in [1.82, 2.24) is 0 Å². The SMILES string of the molecule is C[C@@H]1C/C=C/CC/C=C/C(=N\OCc2ccccc2)Cc2c(Cl)c(O)cc(O)c2C(=O)O1. The van der Waals surface area contributed by atoms with Crippen molar-refractivity contribution in [1.29, 1.82) is 0 Å². The molecule has 0 saturated carbocycles. The molecule has 0 unspecified atom stereocenters. The third-order valence-electron chi connectivity index (χ3n) is 4.89. The molecule has 3 rings (SSSR count). The average molecular weight is 456 g/mol. The summed E-state index contributed by atoms with van der Waals surface area (Å²) in [5.41, 5.74) is 1.57. The normalized spacial score (nSPS) is 20.6. The summed E-state index contributed by atoms with van der Waals surface area (Å²) in [4.78, 5) is 18.4. The molecule has 0 aliphatic carbocycles. The van der Waals surface area contributed by atoms with Crippen LogP contribution in [0.1, 0.15) is 47.7 Å². The first kappa shape index (κ1) is 23.4. The lowest BCUT2D eigenvalue weighted by atomic mass is 9.99. The Kier molecular flexibility index (Phi) is 8.34. The zero-order valence-corrected chi connectivity index (χ0v) is 18.6. The topological polar surface area (TPSA) is 88.4 Å². The first-order valence-corrected chi connectivity index (χ1v) is 10.8. The molecule has 0 saturated heterocycles. The number of benzene rings is 2. The number of hydrogen-bond acceptors (Lipinski definition) is 6. The summed E-state index contributed by atoms with van der Waals surface area (Å²) in [7, 11) is 0. The van der Waals surface area contributed by atoms with Crippen LogP contribution in [0.15, 0.2) is 65.9 Å². The highest BCUT2D eigenvalue weighted by molar-refractivity contribution is 6.33. The van der Waals surface area contributed by atoms with Crippen LogP contribution in [0.3, 0.4) is 0 Å². The minimum atomic E-state index is -0.717. The lowest BCUT2D eigenvalue weighted by molar-refractivity contribution is 0.0343. The van der Waals surface area contributed by atoms with E-state index < -0.39 is 11.7 Å². The average Bonchev–Trinajstić information content (AvgIpc) is 2.76. The van der Waals surface area contributed by atoms with Crippen LogP contribution in [-0.2, 0) is 22.6 Å². The Hall–Kier alpha value is -3.25. The Morgan fingerprint density at radius 2 is 1.88 bits per heavy atom. The second-order valence-corrected chi connectivity index (χ2v) is 7.88. The Morgan fingerprint density at radius 1 is 1.12 bits per heavy atom. The molecule has 32 heavy (non-hydrogen) atoms. The summed E-state index contributed by atoms with van der Waals surface area (Å²) < 4.78 is 5.49. The summed E-state index contributed by atoms with van der Waals surface area (Å²) in [6.45, 7) is 2.05. The van der Waals surface area contributed by atoms with Crippen molar-refractivity contribution in [3.63, 3.8) is 0 Å². The van der Waals surface area contributed by atoms with Gasteiger partial charge >= 0.3 is 5.97 Å². The number of esters is 1. The van der Waals surface area contributed by atoms with Gasteiger partial charge in [0.2, 0.25) is 0 Å². The molecule has 2 aromatic rings. The molecular weight excluding hydrogens is 430 g/mol. The molecule has 0 spiro atoms. The van der Waals surface area contributed by atoms with Crippen molar-refractivity contribution < 1.29 is 24.6 Å². The number of rotatable bonds is 3. The fourth-order valence-corrected chi connectivity index (χ4v) is 3.47. The van der Waals surface area contributed by atoms with E-state index in [1.165, 1.54) is 0 Å². The van der Waals surface area contributed by atoms with E-state index in [4.69, 9.17) is 21.2 Å².